The molecule has 2 amide bonds. The van der Waals surface area contributed by atoms with Crippen LogP contribution in [0, 0.1) is 6.92 Å². The highest BCUT2D eigenvalue weighted by atomic mass is 16.3. The summed E-state index contributed by atoms with van der Waals surface area (Å²) in [7, 11) is 3.68. The summed E-state index contributed by atoms with van der Waals surface area (Å²) >= 11 is 0. The lowest BCUT2D eigenvalue weighted by Crippen LogP contribution is -2.38. The summed E-state index contributed by atoms with van der Waals surface area (Å²) in [6.45, 7) is 4.72. The SMILES string of the molecule is CC(=O)N1CCCCC1c1ccc(C(=O)N(C)Cc2ccc(C)o2)n1C. The Labute approximate surface area is 154 Å². The molecule has 3 rings (SSSR count). The summed E-state index contributed by atoms with van der Waals surface area (Å²) in [5.74, 6) is 1.64. The van der Waals surface area contributed by atoms with Gasteiger partial charge < -0.3 is 18.8 Å². The molecule has 0 aliphatic carbocycles. The molecule has 0 radical (unpaired) electrons. The van der Waals surface area contributed by atoms with E-state index in [1.807, 2.05) is 47.7 Å². The Balaban J connectivity index is 1.79. The van der Waals surface area contributed by atoms with Crippen LogP contribution in [-0.4, -0.2) is 39.8 Å². The van der Waals surface area contributed by atoms with Gasteiger partial charge in [-0.1, -0.05) is 0 Å². The first-order valence-corrected chi connectivity index (χ1v) is 9.12. The summed E-state index contributed by atoms with van der Waals surface area (Å²) in [6.07, 6.45) is 3.07. The van der Waals surface area contributed by atoms with Crippen molar-refractivity contribution in [3.8, 4) is 0 Å². The predicted octanol–water partition coefficient (Wildman–Crippen LogP) is 3.27. The average Bonchev–Trinajstić information content (AvgIpc) is 3.19. The van der Waals surface area contributed by atoms with E-state index >= 15 is 0 Å². The third kappa shape index (κ3) is 3.54. The van der Waals surface area contributed by atoms with Gasteiger partial charge in [0, 0.05) is 33.3 Å². The number of hydrogen-bond acceptors (Lipinski definition) is 3. The molecule has 1 aliphatic rings. The maximum atomic E-state index is 12.9. The number of rotatable bonds is 4. The third-order valence-electron chi connectivity index (χ3n) is 5.16. The molecule has 1 atom stereocenters. The minimum atomic E-state index is -0.0574. The number of carbonyl (C=O) groups is 2. The van der Waals surface area contributed by atoms with Crippen molar-refractivity contribution in [1.29, 1.82) is 0 Å². The summed E-state index contributed by atoms with van der Waals surface area (Å²) in [5.41, 5.74) is 1.64. The van der Waals surface area contributed by atoms with E-state index in [1.54, 1.807) is 18.9 Å². The second kappa shape index (κ2) is 7.40. The molecule has 26 heavy (non-hydrogen) atoms. The Morgan fingerprint density at radius 3 is 2.65 bits per heavy atom. The number of amides is 2. The molecular formula is C20H27N3O3. The van der Waals surface area contributed by atoms with Crippen LogP contribution < -0.4 is 0 Å². The first-order chi connectivity index (χ1) is 12.4. The molecular weight excluding hydrogens is 330 g/mol. The van der Waals surface area contributed by atoms with Crippen LogP contribution in [0.3, 0.4) is 0 Å². The lowest BCUT2D eigenvalue weighted by molar-refractivity contribution is -0.132. The number of piperidine rings is 1. The van der Waals surface area contributed by atoms with Gasteiger partial charge in [-0.2, -0.15) is 0 Å². The first-order valence-electron chi connectivity index (χ1n) is 9.12. The number of nitrogens with zero attached hydrogens (tertiary/aromatic N) is 3. The fraction of sp³-hybridized carbons (Fsp3) is 0.500. The fourth-order valence-electron chi connectivity index (χ4n) is 3.76. The van der Waals surface area contributed by atoms with Gasteiger partial charge in [-0.15, -0.1) is 0 Å². The number of furan rings is 1. The quantitative estimate of drug-likeness (QED) is 0.844. The van der Waals surface area contributed by atoms with Crippen molar-refractivity contribution < 1.29 is 14.0 Å². The van der Waals surface area contributed by atoms with E-state index in [1.165, 1.54) is 0 Å². The molecule has 0 spiro atoms. The van der Waals surface area contributed by atoms with Gasteiger partial charge in [-0.05, 0) is 50.5 Å². The second-order valence-corrected chi connectivity index (χ2v) is 7.10. The lowest BCUT2D eigenvalue weighted by atomic mass is 9.99. The molecule has 1 fully saturated rings. The monoisotopic (exact) mass is 357 g/mol. The van der Waals surface area contributed by atoms with E-state index in [4.69, 9.17) is 4.42 Å². The third-order valence-corrected chi connectivity index (χ3v) is 5.16. The molecule has 6 heteroatoms. The lowest BCUT2D eigenvalue weighted by Gasteiger charge is -2.35. The first kappa shape index (κ1) is 18.3. The highest BCUT2D eigenvalue weighted by molar-refractivity contribution is 5.92. The molecule has 0 aromatic carbocycles. The molecule has 0 saturated carbocycles. The highest BCUT2D eigenvalue weighted by Gasteiger charge is 2.29. The smallest absolute Gasteiger partial charge is 0.270 e. The normalized spacial score (nSPS) is 17.4. The van der Waals surface area contributed by atoms with Crippen molar-refractivity contribution in [3.05, 3.63) is 47.2 Å². The number of aryl methyl sites for hydroxylation is 1. The molecule has 0 N–H and O–H groups in total. The van der Waals surface area contributed by atoms with Crippen molar-refractivity contribution in [2.45, 2.75) is 45.7 Å². The van der Waals surface area contributed by atoms with Crippen LogP contribution in [0.15, 0.2) is 28.7 Å². The maximum absolute atomic E-state index is 12.9. The minimum absolute atomic E-state index is 0.0471. The summed E-state index contributed by atoms with van der Waals surface area (Å²) in [4.78, 5) is 28.4. The Morgan fingerprint density at radius 2 is 2.00 bits per heavy atom. The van der Waals surface area contributed by atoms with Crippen LogP contribution in [0.4, 0.5) is 0 Å². The summed E-state index contributed by atoms with van der Waals surface area (Å²) < 4.78 is 7.50. The van der Waals surface area contributed by atoms with Gasteiger partial charge in [0.2, 0.25) is 5.91 Å². The van der Waals surface area contributed by atoms with Crippen LogP contribution in [0.1, 0.15) is 59.9 Å². The van der Waals surface area contributed by atoms with Crippen LogP contribution in [-0.2, 0) is 18.4 Å². The molecule has 0 bridgehead atoms. The summed E-state index contributed by atoms with van der Waals surface area (Å²) in [6, 6.07) is 7.67. The molecule has 6 nitrogen and oxygen atoms in total. The van der Waals surface area contributed by atoms with Crippen LogP contribution in [0.25, 0.3) is 0 Å². The largest absolute Gasteiger partial charge is 0.464 e. The second-order valence-electron chi connectivity index (χ2n) is 7.10. The van der Waals surface area contributed by atoms with E-state index < -0.39 is 0 Å². The van der Waals surface area contributed by atoms with Gasteiger partial charge in [0.1, 0.15) is 17.2 Å². The van der Waals surface area contributed by atoms with Crippen LogP contribution >= 0.6 is 0 Å². The van der Waals surface area contributed by atoms with Crippen molar-refractivity contribution in [2.75, 3.05) is 13.6 Å². The molecule has 1 unspecified atom stereocenters. The molecule has 3 heterocycles. The van der Waals surface area contributed by atoms with E-state index in [9.17, 15) is 9.59 Å². The van der Waals surface area contributed by atoms with Crippen molar-refractivity contribution in [2.24, 2.45) is 7.05 Å². The highest BCUT2D eigenvalue weighted by Crippen LogP contribution is 2.32. The van der Waals surface area contributed by atoms with Crippen molar-refractivity contribution in [1.82, 2.24) is 14.4 Å². The minimum Gasteiger partial charge on any atom is -0.464 e. The van der Waals surface area contributed by atoms with E-state index in [2.05, 4.69) is 0 Å². The van der Waals surface area contributed by atoms with Gasteiger partial charge in [-0.3, -0.25) is 9.59 Å². The molecule has 1 aliphatic heterocycles. The Kier molecular flexibility index (Phi) is 5.20. The number of likely N-dealkylation sites (tertiary alicyclic amines) is 1. The number of aromatic nitrogens is 1. The van der Waals surface area contributed by atoms with Crippen molar-refractivity contribution in [3.63, 3.8) is 0 Å². The van der Waals surface area contributed by atoms with Gasteiger partial charge in [0.25, 0.3) is 5.91 Å². The van der Waals surface area contributed by atoms with E-state index in [0.717, 1.165) is 43.0 Å². The van der Waals surface area contributed by atoms with E-state index in [0.29, 0.717) is 12.2 Å². The Morgan fingerprint density at radius 1 is 1.23 bits per heavy atom. The fourth-order valence-corrected chi connectivity index (χ4v) is 3.76. The zero-order valence-electron chi connectivity index (χ0n) is 16.0. The van der Waals surface area contributed by atoms with Gasteiger partial charge >= 0.3 is 0 Å². The topological polar surface area (TPSA) is 58.7 Å². The van der Waals surface area contributed by atoms with Gasteiger partial charge in [0.05, 0.1) is 12.6 Å². The van der Waals surface area contributed by atoms with Gasteiger partial charge in [0.15, 0.2) is 0 Å². The van der Waals surface area contributed by atoms with Crippen LogP contribution in [0.2, 0.25) is 0 Å². The zero-order chi connectivity index (χ0) is 18.8. The predicted molar refractivity (Wildman–Crippen MR) is 98.6 cm³/mol. The van der Waals surface area contributed by atoms with Gasteiger partial charge in [-0.25, -0.2) is 0 Å². The molecule has 1 saturated heterocycles. The molecule has 140 valence electrons. The van der Waals surface area contributed by atoms with E-state index in [-0.39, 0.29) is 17.9 Å². The molecule has 2 aromatic heterocycles. The maximum Gasteiger partial charge on any atom is 0.270 e. The van der Waals surface area contributed by atoms with Crippen LogP contribution in [0.5, 0.6) is 0 Å². The Hall–Kier alpha value is -2.50. The molecule has 2 aromatic rings. The summed E-state index contributed by atoms with van der Waals surface area (Å²) in [5, 5.41) is 0. The van der Waals surface area contributed by atoms with Crippen molar-refractivity contribution >= 4 is 11.8 Å². The average molecular weight is 357 g/mol. The Bertz CT molecular complexity index is 805. The number of hydrogen-bond donors (Lipinski definition) is 0. The standard InChI is InChI=1S/C20H27N3O3/c1-14-8-9-16(26-14)13-21(3)20(25)19-11-10-17(22(19)4)18-7-5-6-12-23(18)15(2)24/h8-11,18H,5-7,12-13H2,1-4H3. The number of carbonyl (C=O) groups excluding carboxylic acids is 2. The zero-order valence-corrected chi connectivity index (χ0v) is 16.0.